The summed E-state index contributed by atoms with van der Waals surface area (Å²) >= 11 is 0. The predicted molar refractivity (Wildman–Crippen MR) is 92.4 cm³/mol. The Kier molecular flexibility index (Phi) is 6.23. The number of rotatable bonds is 3. The van der Waals surface area contributed by atoms with Crippen LogP contribution >= 0.6 is 0 Å². The fourth-order valence-electron chi connectivity index (χ4n) is 4.86. The maximum absolute atomic E-state index is 12.7. The zero-order valence-corrected chi connectivity index (χ0v) is 17.1. The van der Waals surface area contributed by atoms with Gasteiger partial charge in [0.1, 0.15) is 31.2 Å². The average molecular weight is 440 g/mol. The molecule has 1 aromatic carbocycles. The maximum atomic E-state index is 12.7. The summed E-state index contributed by atoms with van der Waals surface area (Å²) in [4.78, 5) is 30.9. The van der Waals surface area contributed by atoms with E-state index in [1.54, 1.807) is 0 Å². The zero-order chi connectivity index (χ0) is 18.1. The third kappa shape index (κ3) is 3.91. The van der Waals surface area contributed by atoms with Crippen LogP contribution < -0.4 is 17.0 Å². The van der Waals surface area contributed by atoms with Crippen LogP contribution in [-0.2, 0) is 30.4 Å². The lowest BCUT2D eigenvalue weighted by atomic mass is 9.85. The van der Waals surface area contributed by atoms with Crippen molar-refractivity contribution in [3.05, 3.63) is 35.9 Å². The first kappa shape index (κ1) is 20.3. The molecule has 0 aliphatic carbocycles. The normalized spacial score (nSPS) is 35.1. The molecule has 0 amide bonds. The molecule has 0 N–H and O–H groups in total. The van der Waals surface area contributed by atoms with Crippen LogP contribution in [0.25, 0.3) is 0 Å². The molecule has 1 aromatic rings. The fraction of sp³-hybridized carbons (Fsp3) is 0.600. The van der Waals surface area contributed by atoms with Crippen molar-refractivity contribution in [1.29, 1.82) is 0 Å². The van der Waals surface area contributed by atoms with E-state index in [1.165, 1.54) is 12.5 Å². The summed E-state index contributed by atoms with van der Waals surface area (Å²) in [7, 11) is 0. The molecule has 6 nitrogen and oxygen atoms in total. The molecule has 5 atom stereocenters. The van der Waals surface area contributed by atoms with E-state index >= 15 is 0 Å². The Morgan fingerprint density at radius 3 is 2.74 bits per heavy atom. The lowest BCUT2D eigenvalue weighted by Crippen LogP contribution is -3.00. The van der Waals surface area contributed by atoms with Crippen LogP contribution in [0.2, 0.25) is 0 Å². The van der Waals surface area contributed by atoms with E-state index in [-0.39, 0.29) is 47.5 Å². The van der Waals surface area contributed by atoms with Crippen molar-refractivity contribution in [3.8, 4) is 0 Å². The van der Waals surface area contributed by atoms with Crippen molar-refractivity contribution in [2.45, 2.75) is 57.4 Å². The smallest absolute Gasteiger partial charge is 0.318 e. The highest BCUT2D eigenvalue weighted by Gasteiger charge is 2.63. The third-order valence-electron chi connectivity index (χ3n) is 5.89. The van der Waals surface area contributed by atoms with Gasteiger partial charge in [0.25, 0.3) is 0 Å². The van der Waals surface area contributed by atoms with Gasteiger partial charge in [-0.25, -0.2) is 0 Å². The molecule has 3 aliphatic rings. The number of hydrogen-bond acceptors (Lipinski definition) is 5. The maximum Gasteiger partial charge on any atom is 0.318 e. The van der Waals surface area contributed by atoms with Crippen molar-refractivity contribution < 1.29 is 45.5 Å². The molecular formula is C20H26BrNO5. The second-order valence-electron chi connectivity index (χ2n) is 7.58. The van der Waals surface area contributed by atoms with Gasteiger partial charge in [-0.2, -0.15) is 9.48 Å². The Bertz CT molecular complexity index is 684. The minimum Gasteiger partial charge on any atom is -1.00 e. The molecule has 0 bridgehead atoms. The van der Waals surface area contributed by atoms with E-state index in [1.807, 2.05) is 18.2 Å². The first-order valence-electron chi connectivity index (χ1n) is 9.52. The molecule has 0 radical (unpaired) electrons. The van der Waals surface area contributed by atoms with Crippen LogP contribution in [0.3, 0.4) is 0 Å². The Balaban J connectivity index is 0.00000210. The van der Waals surface area contributed by atoms with Gasteiger partial charge in [-0.3, -0.25) is 9.59 Å². The second kappa shape index (κ2) is 8.29. The largest absolute Gasteiger partial charge is 1.00 e. The van der Waals surface area contributed by atoms with Gasteiger partial charge in [-0.15, -0.1) is 0 Å². The topological polar surface area (TPSA) is 61.8 Å². The first-order chi connectivity index (χ1) is 12.6. The number of benzene rings is 1. The average Bonchev–Trinajstić information content (AvgIpc) is 2.88. The SMILES string of the molecule is CC(=O)O[C@H]1CCOC(=O)[C@H]2[C@@H]1O[N+]1(Cc3ccccc3)CCCC[C@H]21.[Br-]. The lowest BCUT2D eigenvalue weighted by molar-refractivity contribution is -1.12. The summed E-state index contributed by atoms with van der Waals surface area (Å²) in [5.41, 5.74) is 1.19. The highest BCUT2D eigenvalue weighted by Crippen LogP contribution is 2.45. The summed E-state index contributed by atoms with van der Waals surface area (Å²) in [6.45, 7) is 3.27. The van der Waals surface area contributed by atoms with E-state index in [0.29, 0.717) is 11.1 Å². The second-order valence-corrected chi connectivity index (χ2v) is 7.58. The van der Waals surface area contributed by atoms with Gasteiger partial charge in [-0.05, 0) is 12.8 Å². The van der Waals surface area contributed by atoms with Gasteiger partial charge in [0.2, 0.25) is 0 Å². The molecule has 0 spiro atoms. The van der Waals surface area contributed by atoms with Crippen LogP contribution in [-0.4, -0.2) is 48.0 Å². The van der Waals surface area contributed by atoms with Crippen molar-refractivity contribution >= 4 is 11.9 Å². The highest BCUT2D eigenvalue weighted by atomic mass is 79.9. The van der Waals surface area contributed by atoms with Crippen LogP contribution in [0.15, 0.2) is 30.3 Å². The van der Waals surface area contributed by atoms with Gasteiger partial charge in [0.15, 0.2) is 6.10 Å². The molecule has 0 aromatic heterocycles. The number of fused-ring (bicyclic) bond motifs is 3. The highest BCUT2D eigenvalue weighted by molar-refractivity contribution is 5.75. The van der Waals surface area contributed by atoms with E-state index in [0.717, 1.165) is 32.4 Å². The number of carbonyl (C=O) groups excluding carboxylic acids is 2. The number of halogens is 1. The van der Waals surface area contributed by atoms with Crippen LogP contribution in [0.5, 0.6) is 0 Å². The molecule has 27 heavy (non-hydrogen) atoms. The zero-order valence-electron chi connectivity index (χ0n) is 15.5. The predicted octanol–water partition coefficient (Wildman–Crippen LogP) is -0.631. The molecule has 3 fully saturated rings. The Morgan fingerprint density at radius 1 is 1.22 bits per heavy atom. The minimum absolute atomic E-state index is 0. The van der Waals surface area contributed by atoms with E-state index in [4.69, 9.17) is 14.3 Å². The number of quaternary nitrogens is 1. The molecular weight excluding hydrogens is 414 g/mol. The minimum atomic E-state index is -0.430. The van der Waals surface area contributed by atoms with Gasteiger partial charge >= 0.3 is 11.9 Å². The molecule has 3 saturated heterocycles. The van der Waals surface area contributed by atoms with Gasteiger partial charge in [0.05, 0.1) is 6.61 Å². The van der Waals surface area contributed by atoms with Crippen LogP contribution in [0, 0.1) is 5.92 Å². The first-order valence-corrected chi connectivity index (χ1v) is 9.52. The number of hydrogen-bond donors (Lipinski definition) is 0. The molecule has 0 saturated carbocycles. The Morgan fingerprint density at radius 2 is 2.00 bits per heavy atom. The molecule has 1 unspecified atom stereocenters. The number of esters is 2. The number of piperidine rings is 1. The number of ether oxygens (including phenoxy) is 2. The summed E-state index contributed by atoms with van der Waals surface area (Å²) in [5, 5.41) is 0. The third-order valence-corrected chi connectivity index (χ3v) is 5.89. The molecule has 148 valence electrons. The van der Waals surface area contributed by atoms with E-state index < -0.39 is 12.2 Å². The standard InChI is InChI=1S/C20H26NO5.BrH/c1-14(22)25-17-10-12-24-20(23)18-16-9-5-6-11-21(16,26-19(17)18)13-15-7-3-2-4-8-15;/h2-4,7-8,16-19H,5-6,9-13H2,1H3;1H/q+1;/p-1/t16-,17+,18-,19-,21?;/m1./s1. The van der Waals surface area contributed by atoms with Crippen molar-refractivity contribution in [2.24, 2.45) is 5.92 Å². The Hall–Kier alpha value is -1.44. The van der Waals surface area contributed by atoms with E-state index in [2.05, 4.69) is 12.1 Å². The Labute approximate surface area is 170 Å². The quantitative estimate of drug-likeness (QED) is 0.463. The monoisotopic (exact) mass is 439 g/mol. The fourth-order valence-corrected chi connectivity index (χ4v) is 4.86. The summed E-state index contributed by atoms with van der Waals surface area (Å²) in [6, 6.07) is 10.3. The molecule has 3 heterocycles. The van der Waals surface area contributed by atoms with Crippen molar-refractivity contribution in [1.82, 2.24) is 0 Å². The number of hydroxylamine groups is 3. The summed E-state index contributed by atoms with van der Waals surface area (Å²) in [6.07, 6.45) is 2.70. The number of carbonyl (C=O) groups is 2. The van der Waals surface area contributed by atoms with Crippen molar-refractivity contribution in [3.63, 3.8) is 0 Å². The molecule has 4 rings (SSSR count). The van der Waals surface area contributed by atoms with Gasteiger partial charge in [0, 0.05) is 25.3 Å². The van der Waals surface area contributed by atoms with Crippen LogP contribution in [0.4, 0.5) is 0 Å². The number of nitrogens with zero attached hydrogens (tertiary/aromatic N) is 1. The van der Waals surface area contributed by atoms with Crippen LogP contribution in [0.1, 0.15) is 38.2 Å². The summed E-state index contributed by atoms with van der Waals surface area (Å²) < 4.78 is 11.4. The molecule has 3 aliphatic heterocycles. The molecule has 7 heteroatoms. The number of cyclic esters (lactones) is 1. The van der Waals surface area contributed by atoms with E-state index in [9.17, 15) is 9.59 Å². The van der Waals surface area contributed by atoms with Gasteiger partial charge < -0.3 is 26.5 Å². The van der Waals surface area contributed by atoms with Gasteiger partial charge in [-0.1, -0.05) is 30.3 Å². The summed E-state index contributed by atoms with van der Waals surface area (Å²) in [5.74, 6) is -0.915. The van der Waals surface area contributed by atoms with Crippen molar-refractivity contribution in [2.75, 3.05) is 13.2 Å². The lowest BCUT2D eigenvalue weighted by Gasteiger charge is -2.40.